The molecular weight excluding hydrogens is 432 g/mol. The molecule has 0 saturated carbocycles. The van der Waals surface area contributed by atoms with Crippen LogP contribution in [0.1, 0.15) is 27.6 Å². The van der Waals surface area contributed by atoms with Gasteiger partial charge in [0, 0.05) is 13.1 Å². The minimum Gasteiger partial charge on any atom is -0.377 e. The summed E-state index contributed by atoms with van der Waals surface area (Å²) in [6.45, 7) is 6.27. The number of ether oxygens (including phenoxy) is 5. The fourth-order valence-corrected chi connectivity index (χ4v) is 3.60. The van der Waals surface area contributed by atoms with Crippen LogP contribution < -0.4 is 0 Å². The number of imide groups is 1. The number of hydrogen-bond acceptors (Lipinski definition) is 8. The highest BCUT2D eigenvalue weighted by molar-refractivity contribution is 6.22. The summed E-state index contributed by atoms with van der Waals surface area (Å²) < 4.78 is 27.5. The Morgan fingerprint density at radius 1 is 0.697 bits per heavy atom. The monoisotopic (exact) mass is 464 g/mol. The standard InChI is InChI=1S/C23H32N2O8/c1-18(25-22(27)19-4-2-3-5-20(19)23(25)28)21(26)24-6-8-29-10-12-31-14-16-33-17-15-32-13-11-30-9-7-24/h2-5,18H,6-17H2,1H3/t18-/m0/s1. The number of carbonyl (C=O) groups excluding carboxylic acids is 3. The van der Waals surface area contributed by atoms with Crippen molar-refractivity contribution in [3.05, 3.63) is 35.4 Å². The molecule has 182 valence electrons. The average Bonchev–Trinajstić information content (AvgIpc) is 3.08. The van der Waals surface area contributed by atoms with Crippen LogP contribution in [-0.4, -0.2) is 113 Å². The van der Waals surface area contributed by atoms with E-state index in [0.29, 0.717) is 90.3 Å². The maximum absolute atomic E-state index is 13.3. The number of nitrogens with zero attached hydrogens (tertiary/aromatic N) is 2. The lowest BCUT2D eigenvalue weighted by atomic mass is 10.1. The first-order chi connectivity index (χ1) is 16.1. The minimum absolute atomic E-state index is 0.295. The number of carbonyl (C=O) groups is 3. The minimum atomic E-state index is -0.943. The number of amides is 3. The van der Waals surface area contributed by atoms with E-state index in [9.17, 15) is 14.4 Å². The zero-order valence-corrected chi connectivity index (χ0v) is 19.0. The molecule has 1 atom stereocenters. The van der Waals surface area contributed by atoms with E-state index in [1.807, 2.05) is 0 Å². The van der Waals surface area contributed by atoms with E-state index in [1.54, 1.807) is 36.1 Å². The highest BCUT2D eigenvalue weighted by Gasteiger charge is 2.41. The van der Waals surface area contributed by atoms with Gasteiger partial charge in [0.15, 0.2) is 0 Å². The Kier molecular flexibility index (Phi) is 10.2. The summed E-state index contributed by atoms with van der Waals surface area (Å²) in [5.41, 5.74) is 0.637. The number of hydrogen-bond donors (Lipinski definition) is 0. The number of benzene rings is 1. The van der Waals surface area contributed by atoms with Gasteiger partial charge in [-0.05, 0) is 19.1 Å². The van der Waals surface area contributed by atoms with E-state index in [2.05, 4.69) is 0 Å². The van der Waals surface area contributed by atoms with Crippen LogP contribution in [0.25, 0.3) is 0 Å². The van der Waals surface area contributed by atoms with Crippen molar-refractivity contribution in [3.8, 4) is 0 Å². The van der Waals surface area contributed by atoms with Crippen molar-refractivity contribution in [3.63, 3.8) is 0 Å². The molecule has 10 heteroatoms. The van der Waals surface area contributed by atoms with Crippen LogP contribution in [0.15, 0.2) is 24.3 Å². The lowest BCUT2D eigenvalue weighted by Gasteiger charge is -2.29. The Balaban J connectivity index is 1.59. The average molecular weight is 465 g/mol. The van der Waals surface area contributed by atoms with E-state index in [-0.39, 0.29) is 5.91 Å². The highest BCUT2D eigenvalue weighted by atomic mass is 16.6. The molecule has 1 aromatic rings. The third-order valence-electron chi connectivity index (χ3n) is 5.38. The normalized spacial score (nSPS) is 21.2. The Labute approximate surface area is 193 Å². The van der Waals surface area contributed by atoms with Gasteiger partial charge >= 0.3 is 0 Å². The number of rotatable bonds is 2. The van der Waals surface area contributed by atoms with Crippen molar-refractivity contribution in [2.45, 2.75) is 13.0 Å². The largest absolute Gasteiger partial charge is 0.377 e. The summed E-state index contributed by atoms with van der Waals surface area (Å²) in [6, 6.07) is 5.65. The summed E-state index contributed by atoms with van der Waals surface area (Å²) in [4.78, 5) is 41.4. The predicted molar refractivity (Wildman–Crippen MR) is 117 cm³/mol. The first-order valence-electron chi connectivity index (χ1n) is 11.3. The third kappa shape index (κ3) is 7.05. The fraction of sp³-hybridized carbons (Fsp3) is 0.609. The van der Waals surface area contributed by atoms with Crippen LogP contribution in [0, 0.1) is 0 Å². The molecule has 1 saturated heterocycles. The van der Waals surface area contributed by atoms with Gasteiger partial charge in [-0.1, -0.05) is 12.1 Å². The maximum Gasteiger partial charge on any atom is 0.262 e. The van der Waals surface area contributed by atoms with E-state index in [4.69, 9.17) is 23.7 Å². The van der Waals surface area contributed by atoms with Crippen LogP contribution in [0.2, 0.25) is 0 Å². The zero-order valence-electron chi connectivity index (χ0n) is 19.0. The van der Waals surface area contributed by atoms with Crippen molar-refractivity contribution in [1.29, 1.82) is 0 Å². The van der Waals surface area contributed by atoms with Gasteiger partial charge in [0.25, 0.3) is 11.8 Å². The third-order valence-corrected chi connectivity index (χ3v) is 5.38. The molecule has 0 bridgehead atoms. The molecule has 1 aromatic carbocycles. The van der Waals surface area contributed by atoms with Crippen molar-refractivity contribution >= 4 is 17.7 Å². The molecule has 33 heavy (non-hydrogen) atoms. The fourth-order valence-electron chi connectivity index (χ4n) is 3.60. The van der Waals surface area contributed by atoms with Gasteiger partial charge in [-0.25, -0.2) is 0 Å². The second-order valence-corrected chi connectivity index (χ2v) is 7.59. The summed E-state index contributed by atoms with van der Waals surface area (Å²) in [5, 5.41) is 0. The molecule has 0 aromatic heterocycles. The SMILES string of the molecule is C[C@@H](C(=O)N1CCOCCOCCOCCOCCOCC1)N1C(=O)c2ccccc2C1=O. The van der Waals surface area contributed by atoms with Crippen molar-refractivity contribution < 1.29 is 38.1 Å². The first kappa shape index (κ1) is 25.3. The first-order valence-corrected chi connectivity index (χ1v) is 11.3. The Morgan fingerprint density at radius 3 is 1.45 bits per heavy atom. The Bertz CT molecular complexity index is 749. The van der Waals surface area contributed by atoms with Gasteiger partial charge < -0.3 is 28.6 Å². The smallest absolute Gasteiger partial charge is 0.262 e. The van der Waals surface area contributed by atoms with E-state index in [0.717, 1.165) is 4.90 Å². The highest BCUT2D eigenvalue weighted by Crippen LogP contribution is 2.25. The van der Waals surface area contributed by atoms with Crippen molar-refractivity contribution in [1.82, 2.24) is 9.80 Å². The lowest BCUT2D eigenvalue weighted by Crippen LogP contribution is -2.51. The van der Waals surface area contributed by atoms with Crippen LogP contribution in [0.5, 0.6) is 0 Å². The van der Waals surface area contributed by atoms with Crippen LogP contribution in [0.3, 0.4) is 0 Å². The van der Waals surface area contributed by atoms with E-state index < -0.39 is 17.9 Å². The van der Waals surface area contributed by atoms with Gasteiger partial charge in [-0.3, -0.25) is 19.3 Å². The molecule has 0 N–H and O–H groups in total. The predicted octanol–water partition coefficient (Wildman–Crippen LogP) is 0.596. The molecule has 0 spiro atoms. The Hall–Kier alpha value is -2.37. The zero-order chi connectivity index (χ0) is 23.5. The molecular formula is C23H32N2O8. The quantitative estimate of drug-likeness (QED) is 0.586. The summed E-state index contributed by atoms with van der Waals surface area (Å²) in [5.74, 6) is -1.25. The summed E-state index contributed by atoms with van der Waals surface area (Å²) in [7, 11) is 0. The van der Waals surface area contributed by atoms with Crippen molar-refractivity contribution in [2.24, 2.45) is 0 Å². The van der Waals surface area contributed by atoms with Gasteiger partial charge in [-0.15, -0.1) is 0 Å². The number of fused-ring (bicyclic) bond motifs is 1. The molecule has 2 aliphatic rings. The van der Waals surface area contributed by atoms with Gasteiger partial charge in [0.2, 0.25) is 5.91 Å². The molecule has 0 unspecified atom stereocenters. The maximum atomic E-state index is 13.3. The van der Waals surface area contributed by atoms with Gasteiger partial charge in [-0.2, -0.15) is 0 Å². The molecule has 0 radical (unpaired) electrons. The topological polar surface area (TPSA) is 104 Å². The molecule has 3 rings (SSSR count). The van der Waals surface area contributed by atoms with Gasteiger partial charge in [0.05, 0.1) is 77.2 Å². The lowest BCUT2D eigenvalue weighted by molar-refractivity contribution is -0.136. The van der Waals surface area contributed by atoms with Crippen LogP contribution >= 0.6 is 0 Å². The second-order valence-electron chi connectivity index (χ2n) is 7.59. The van der Waals surface area contributed by atoms with E-state index in [1.165, 1.54) is 0 Å². The van der Waals surface area contributed by atoms with Crippen LogP contribution in [0.4, 0.5) is 0 Å². The van der Waals surface area contributed by atoms with E-state index >= 15 is 0 Å². The molecule has 2 aliphatic heterocycles. The molecule has 3 amide bonds. The molecule has 1 fully saturated rings. The van der Waals surface area contributed by atoms with Crippen LogP contribution in [-0.2, 0) is 28.5 Å². The second kappa shape index (κ2) is 13.4. The molecule has 10 nitrogen and oxygen atoms in total. The summed E-state index contributed by atoms with van der Waals surface area (Å²) >= 11 is 0. The van der Waals surface area contributed by atoms with Crippen molar-refractivity contribution in [2.75, 3.05) is 79.2 Å². The summed E-state index contributed by atoms with van der Waals surface area (Å²) in [6.07, 6.45) is 0. The van der Waals surface area contributed by atoms with Gasteiger partial charge in [0.1, 0.15) is 6.04 Å². The Morgan fingerprint density at radius 2 is 1.06 bits per heavy atom. The molecule has 2 heterocycles. The molecule has 0 aliphatic carbocycles.